The zero-order chi connectivity index (χ0) is 11.5. The van der Waals surface area contributed by atoms with Crippen LogP contribution in [0.2, 0.25) is 0 Å². The average molecular weight is 202 g/mol. The third kappa shape index (κ3) is 4.91. The van der Waals surface area contributed by atoms with Gasteiger partial charge in [-0.1, -0.05) is 32.6 Å². The minimum atomic E-state index is 0.832. The quantitative estimate of drug-likeness (QED) is 0.541. The first-order valence-electron chi connectivity index (χ1n) is 5.11. The lowest BCUT2D eigenvalue weighted by atomic mass is 10.2. The third-order valence-electron chi connectivity index (χ3n) is 1.47. The summed E-state index contributed by atoms with van der Waals surface area (Å²) >= 11 is 0. The molecule has 2 heteroatoms. The van der Waals surface area contributed by atoms with E-state index in [0.29, 0.717) is 0 Å². The number of allylic oxidation sites excluding steroid dienone is 2. The second-order valence-corrected chi connectivity index (χ2v) is 2.39. The molecule has 1 heterocycles. The van der Waals surface area contributed by atoms with Crippen molar-refractivity contribution in [2.45, 2.75) is 20.8 Å². The summed E-state index contributed by atoms with van der Waals surface area (Å²) in [5.74, 6) is 0. The van der Waals surface area contributed by atoms with Gasteiger partial charge >= 0.3 is 0 Å². The van der Waals surface area contributed by atoms with E-state index >= 15 is 0 Å². The van der Waals surface area contributed by atoms with E-state index in [1.807, 2.05) is 45.0 Å². The molecule has 15 heavy (non-hydrogen) atoms. The van der Waals surface area contributed by atoms with Gasteiger partial charge in [-0.3, -0.25) is 9.98 Å². The Bertz CT molecular complexity index is 324. The largest absolute Gasteiger partial charge is 0.259 e. The second kappa shape index (κ2) is 8.88. The minimum absolute atomic E-state index is 0.832. The topological polar surface area (TPSA) is 25.2 Å². The van der Waals surface area contributed by atoms with Gasteiger partial charge in [-0.2, -0.15) is 0 Å². The van der Waals surface area contributed by atoms with Crippen LogP contribution in [0.15, 0.2) is 48.1 Å². The van der Waals surface area contributed by atoms with Crippen LogP contribution < -0.4 is 0 Å². The molecule has 0 aromatic carbocycles. The number of rotatable bonds is 3. The van der Waals surface area contributed by atoms with E-state index in [4.69, 9.17) is 0 Å². The number of aliphatic imine (C=N–C) groups is 1. The predicted molar refractivity (Wildman–Crippen MR) is 67.9 cm³/mol. The smallest absolute Gasteiger partial charge is 0.0885 e. The molecule has 1 aromatic rings. The van der Waals surface area contributed by atoms with E-state index in [9.17, 15) is 0 Å². The highest BCUT2D eigenvalue weighted by molar-refractivity contribution is 5.71. The standard InChI is InChI=1S/C11H12N2.C2H6/c1-3-7-10(12-4-2)11-8-5-6-9-13-11;1-2/h3-9H,1H2,2H3;1-2H3/b10-7-,12-4?;. The van der Waals surface area contributed by atoms with Gasteiger partial charge in [-0.25, -0.2) is 0 Å². The molecule has 0 fully saturated rings. The van der Waals surface area contributed by atoms with E-state index in [1.165, 1.54) is 0 Å². The van der Waals surface area contributed by atoms with E-state index in [2.05, 4.69) is 16.6 Å². The lowest BCUT2D eigenvalue weighted by Gasteiger charge is -1.97. The maximum Gasteiger partial charge on any atom is 0.0885 e. The Hall–Kier alpha value is -1.70. The van der Waals surface area contributed by atoms with Gasteiger partial charge in [0, 0.05) is 12.4 Å². The van der Waals surface area contributed by atoms with Crippen LogP contribution in [0.4, 0.5) is 0 Å². The van der Waals surface area contributed by atoms with Crippen molar-refractivity contribution in [2.24, 2.45) is 4.99 Å². The van der Waals surface area contributed by atoms with Gasteiger partial charge in [0.15, 0.2) is 0 Å². The Morgan fingerprint density at radius 1 is 1.40 bits per heavy atom. The lowest BCUT2D eigenvalue weighted by Crippen LogP contribution is -1.84. The van der Waals surface area contributed by atoms with Gasteiger partial charge in [-0.15, -0.1) is 0 Å². The molecule has 80 valence electrons. The predicted octanol–water partition coefficient (Wildman–Crippen LogP) is 3.73. The molecule has 2 nitrogen and oxygen atoms in total. The highest BCUT2D eigenvalue weighted by atomic mass is 14.8. The van der Waals surface area contributed by atoms with E-state index < -0.39 is 0 Å². The molecule has 0 saturated carbocycles. The molecular weight excluding hydrogens is 184 g/mol. The van der Waals surface area contributed by atoms with Gasteiger partial charge in [0.25, 0.3) is 0 Å². The summed E-state index contributed by atoms with van der Waals surface area (Å²) < 4.78 is 0. The summed E-state index contributed by atoms with van der Waals surface area (Å²) in [5.41, 5.74) is 1.69. The molecule has 0 N–H and O–H groups in total. The summed E-state index contributed by atoms with van der Waals surface area (Å²) in [4.78, 5) is 8.37. The Labute approximate surface area is 92.1 Å². The molecule has 0 aliphatic rings. The van der Waals surface area contributed by atoms with Gasteiger partial charge < -0.3 is 0 Å². The van der Waals surface area contributed by atoms with E-state index in [0.717, 1.165) is 11.4 Å². The maximum absolute atomic E-state index is 4.19. The van der Waals surface area contributed by atoms with Crippen LogP contribution in [0, 0.1) is 0 Å². The van der Waals surface area contributed by atoms with Gasteiger partial charge in [-0.05, 0) is 25.1 Å². The molecule has 0 aliphatic heterocycles. The Morgan fingerprint density at radius 2 is 2.13 bits per heavy atom. The normalized spacial score (nSPS) is 10.7. The fourth-order valence-corrected chi connectivity index (χ4v) is 0.960. The Kier molecular flexibility index (Phi) is 7.87. The molecule has 0 atom stereocenters. The Balaban J connectivity index is 0.000000921. The van der Waals surface area contributed by atoms with Crippen molar-refractivity contribution in [3.8, 4) is 0 Å². The molecule has 0 unspecified atom stereocenters. The van der Waals surface area contributed by atoms with Crippen molar-refractivity contribution < 1.29 is 0 Å². The van der Waals surface area contributed by atoms with Crippen LogP contribution in [-0.2, 0) is 0 Å². The summed E-state index contributed by atoms with van der Waals surface area (Å²) in [6.45, 7) is 9.51. The van der Waals surface area contributed by atoms with Crippen molar-refractivity contribution in [3.05, 3.63) is 48.8 Å². The van der Waals surface area contributed by atoms with Crippen LogP contribution in [0.3, 0.4) is 0 Å². The molecule has 0 amide bonds. The number of aromatic nitrogens is 1. The lowest BCUT2D eigenvalue weighted by molar-refractivity contribution is 1.26. The van der Waals surface area contributed by atoms with E-state index in [1.54, 1.807) is 18.5 Å². The number of nitrogens with zero attached hydrogens (tertiary/aromatic N) is 2. The van der Waals surface area contributed by atoms with Crippen molar-refractivity contribution in [2.75, 3.05) is 0 Å². The van der Waals surface area contributed by atoms with Crippen molar-refractivity contribution in [3.63, 3.8) is 0 Å². The summed E-state index contributed by atoms with van der Waals surface area (Å²) in [6.07, 6.45) is 7.03. The molecule has 1 aromatic heterocycles. The summed E-state index contributed by atoms with van der Waals surface area (Å²) in [7, 11) is 0. The minimum Gasteiger partial charge on any atom is -0.259 e. The van der Waals surface area contributed by atoms with Crippen LogP contribution in [0.25, 0.3) is 5.70 Å². The van der Waals surface area contributed by atoms with Gasteiger partial charge in [0.2, 0.25) is 0 Å². The number of hydrogen-bond donors (Lipinski definition) is 0. The third-order valence-corrected chi connectivity index (χ3v) is 1.47. The van der Waals surface area contributed by atoms with Crippen LogP contribution in [0.1, 0.15) is 26.5 Å². The zero-order valence-electron chi connectivity index (χ0n) is 9.64. The second-order valence-electron chi connectivity index (χ2n) is 2.39. The van der Waals surface area contributed by atoms with Crippen LogP contribution in [-0.4, -0.2) is 11.2 Å². The van der Waals surface area contributed by atoms with Crippen molar-refractivity contribution in [1.82, 2.24) is 4.98 Å². The van der Waals surface area contributed by atoms with E-state index in [-0.39, 0.29) is 0 Å². The number of hydrogen-bond acceptors (Lipinski definition) is 2. The zero-order valence-corrected chi connectivity index (χ0v) is 9.64. The van der Waals surface area contributed by atoms with Crippen molar-refractivity contribution >= 4 is 11.9 Å². The van der Waals surface area contributed by atoms with Gasteiger partial charge in [0.05, 0.1) is 11.4 Å². The fraction of sp³-hybridized carbons (Fsp3) is 0.231. The molecule has 0 bridgehead atoms. The molecular formula is C13H18N2. The van der Waals surface area contributed by atoms with Crippen LogP contribution in [0.5, 0.6) is 0 Å². The first kappa shape index (κ1) is 13.3. The molecule has 0 aliphatic carbocycles. The first-order valence-corrected chi connectivity index (χ1v) is 5.11. The van der Waals surface area contributed by atoms with Crippen LogP contribution >= 0.6 is 0 Å². The SMILES string of the molecule is C=C/C=C(\N=CC)c1ccccn1.CC. The van der Waals surface area contributed by atoms with Gasteiger partial charge in [0.1, 0.15) is 0 Å². The molecule has 0 spiro atoms. The molecule has 0 radical (unpaired) electrons. The fourth-order valence-electron chi connectivity index (χ4n) is 0.960. The monoisotopic (exact) mass is 202 g/mol. The average Bonchev–Trinajstić information content (AvgIpc) is 2.33. The Morgan fingerprint density at radius 3 is 2.60 bits per heavy atom. The summed E-state index contributed by atoms with van der Waals surface area (Å²) in [6, 6.07) is 5.73. The maximum atomic E-state index is 4.19. The first-order chi connectivity index (χ1) is 7.38. The molecule has 1 rings (SSSR count). The summed E-state index contributed by atoms with van der Waals surface area (Å²) in [5, 5.41) is 0. The van der Waals surface area contributed by atoms with Crippen molar-refractivity contribution in [1.29, 1.82) is 0 Å². The molecule has 0 saturated heterocycles. The highest BCUT2D eigenvalue weighted by Gasteiger charge is 1.96. The highest BCUT2D eigenvalue weighted by Crippen LogP contribution is 2.11. The number of pyridine rings is 1.